The van der Waals surface area contributed by atoms with E-state index in [0.717, 1.165) is 18.6 Å². The summed E-state index contributed by atoms with van der Waals surface area (Å²) in [6.45, 7) is 4.09. The summed E-state index contributed by atoms with van der Waals surface area (Å²) >= 11 is 7.83. The van der Waals surface area contributed by atoms with Gasteiger partial charge in [-0.05, 0) is 80.2 Å². The standard InChI is InChI=1S/C24H32ClNO4S.Li/c1-3-5-21(26-29-14-16(2)30-20-9-7-19(25)8-10-20)24-22(27)12-18(13-23(24)28)17-6-4-11-31-15-17;/h7-10,16-18,27H,3-6,11-15H2,1-2H3;/q;+1/p-1/b26-21+;. The Labute approximate surface area is 212 Å². The molecular formula is C24H31ClLiNO4S. The van der Waals surface area contributed by atoms with E-state index in [1.54, 1.807) is 24.3 Å². The molecule has 0 radical (unpaired) electrons. The third-order valence-electron chi connectivity index (χ3n) is 5.73. The minimum Gasteiger partial charge on any atom is -0.875 e. The summed E-state index contributed by atoms with van der Waals surface area (Å²) in [7, 11) is 0. The van der Waals surface area contributed by atoms with Crippen LogP contribution in [-0.2, 0) is 9.63 Å². The summed E-state index contributed by atoms with van der Waals surface area (Å²) < 4.78 is 5.78. The number of hydrogen-bond donors (Lipinski definition) is 0. The maximum atomic E-state index is 12.9. The molecule has 3 atom stereocenters. The number of Topliss-reactive ketones (excluding diaryl/α,β-unsaturated/α-hetero) is 1. The van der Waals surface area contributed by atoms with E-state index in [1.165, 1.54) is 12.2 Å². The Kier molecular flexibility index (Phi) is 11.6. The molecule has 1 heterocycles. The number of thioether (sulfide) groups is 1. The van der Waals surface area contributed by atoms with Crippen molar-refractivity contribution in [3.63, 3.8) is 0 Å². The van der Waals surface area contributed by atoms with Crippen LogP contribution in [0.4, 0.5) is 0 Å². The zero-order valence-corrected chi connectivity index (χ0v) is 20.8. The Hall–Kier alpha value is -1.06. The number of halogens is 1. The number of ether oxygens (including phenoxy) is 1. The summed E-state index contributed by atoms with van der Waals surface area (Å²) in [6, 6.07) is 7.11. The van der Waals surface area contributed by atoms with E-state index in [2.05, 4.69) is 5.16 Å². The fourth-order valence-electron chi connectivity index (χ4n) is 4.15. The molecule has 0 aromatic heterocycles. The van der Waals surface area contributed by atoms with Gasteiger partial charge in [-0.2, -0.15) is 11.8 Å². The molecule has 5 nitrogen and oxygen atoms in total. The van der Waals surface area contributed by atoms with Gasteiger partial charge in [0.15, 0.2) is 12.4 Å². The summed E-state index contributed by atoms with van der Waals surface area (Å²) in [4.78, 5) is 18.4. The molecule has 0 N–H and O–H groups in total. The Morgan fingerprint density at radius 2 is 2.03 bits per heavy atom. The van der Waals surface area contributed by atoms with Gasteiger partial charge in [0.2, 0.25) is 0 Å². The number of allylic oxidation sites excluding steroid dienone is 2. The largest absolute Gasteiger partial charge is 1.00 e. The van der Waals surface area contributed by atoms with Gasteiger partial charge in [0.1, 0.15) is 11.9 Å². The van der Waals surface area contributed by atoms with E-state index in [-0.39, 0.29) is 54.6 Å². The number of carbonyl (C=O) groups is 1. The molecule has 3 unspecified atom stereocenters. The molecule has 170 valence electrons. The Morgan fingerprint density at radius 3 is 2.66 bits per heavy atom. The van der Waals surface area contributed by atoms with Crippen LogP contribution in [0.5, 0.6) is 5.75 Å². The number of oxime groups is 1. The average molecular weight is 472 g/mol. The maximum absolute atomic E-state index is 12.9. The second kappa shape index (κ2) is 13.6. The Morgan fingerprint density at radius 1 is 1.28 bits per heavy atom. The minimum atomic E-state index is -0.247. The van der Waals surface area contributed by atoms with Crippen LogP contribution in [0.15, 0.2) is 40.8 Å². The van der Waals surface area contributed by atoms with Crippen LogP contribution in [0.3, 0.4) is 0 Å². The van der Waals surface area contributed by atoms with Crippen LogP contribution in [0, 0.1) is 11.8 Å². The van der Waals surface area contributed by atoms with Gasteiger partial charge < -0.3 is 14.7 Å². The molecule has 1 aliphatic heterocycles. The molecule has 1 aromatic rings. The smallest absolute Gasteiger partial charge is 0.875 e. The molecule has 1 aliphatic carbocycles. The third-order valence-corrected chi connectivity index (χ3v) is 7.22. The van der Waals surface area contributed by atoms with Crippen molar-refractivity contribution in [3.8, 4) is 5.75 Å². The number of hydrogen-bond acceptors (Lipinski definition) is 6. The van der Waals surface area contributed by atoms with Gasteiger partial charge in [-0.25, -0.2) is 0 Å². The molecule has 0 spiro atoms. The van der Waals surface area contributed by atoms with E-state index in [0.29, 0.717) is 41.7 Å². The second-order valence-electron chi connectivity index (χ2n) is 8.33. The number of ketones is 1. The normalized spacial score (nSPS) is 22.8. The van der Waals surface area contributed by atoms with Crippen LogP contribution in [-0.4, -0.2) is 35.7 Å². The van der Waals surface area contributed by atoms with Gasteiger partial charge in [-0.3, -0.25) is 4.79 Å². The van der Waals surface area contributed by atoms with E-state index in [9.17, 15) is 9.90 Å². The Bertz CT molecular complexity index is 809. The predicted octanol–water partition coefficient (Wildman–Crippen LogP) is 2.02. The molecule has 8 heteroatoms. The molecule has 3 rings (SSSR count). The van der Waals surface area contributed by atoms with Crippen LogP contribution >= 0.6 is 23.4 Å². The molecule has 2 aliphatic rings. The first kappa shape index (κ1) is 27.2. The molecule has 0 saturated carbocycles. The summed E-state index contributed by atoms with van der Waals surface area (Å²) in [5.74, 6) is 3.45. The van der Waals surface area contributed by atoms with Gasteiger partial charge >= 0.3 is 18.9 Å². The van der Waals surface area contributed by atoms with Gasteiger partial charge in [0.05, 0.1) is 5.71 Å². The Balaban J connectivity index is 0.00000363. The van der Waals surface area contributed by atoms with Crippen LogP contribution in [0.2, 0.25) is 5.02 Å². The minimum absolute atomic E-state index is 0. The first-order valence-electron chi connectivity index (χ1n) is 11.1. The quantitative estimate of drug-likeness (QED) is 0.313. The maximum Gasteiger partial charge on any atom is 1.00 e. The number of carbonyl (C=O) groups excluding carboxylic acids is 1. The molecule has 32 heavy (non-hydrogen) atoms. The van der Waals surface area contributed by atoms with Crippen molar-refractivity contribution < 1.29 is 38.3 Å². The predicted molar refractivity (Wildman–Crippen MR) is 125 cm³/mol. The summed E-state index contributed by atoms with van der Waals surface area (Å²) in [6.07, 6.45) is 4.28. The summed E-state index contributed by atoms with van der Waals surface area (Å²) in [5.41, 5.74) is 0.737. The van der Waals surface area contributed by atoms with Crippen molar-refractivity contribution in [2.24, 2.45) is 17.0 Å². The van der Waals surface area contributed by atoms with Crippen molar-refractivity contribution >= 4 is 34.9 Å². The monoisotopic (exact) mass is 471 g/mol. The van der Waals surface area contributed by atoms with Gasteiger partial charge in [-0.1, -0.05) is 30.1 Å². The first-order chi connectivity index (χ1) is 15.0. The van der Waals surface area contributed by atoms with Crippen LogP contribution in [0.1, 0.15) is 52.4 Å². The molecule has 1 fully saturated rings. The van der Waals surface area contributed by atoms with Crippen molar-refractivity contribution in [1.82, 2.24) is 0 Å². The zero-order valence-electron chi connectivity index (χ0n) is 19.3. The first-order valence-corrected chi connectivity index (χ1v) is 12.6. The van der Waals surface area contributed by atoms with Crippen LogP contribution in [0.25, 0.3) is 0 Å². The van der Waals surface area contributed by atoms with Crippen molar-refractivity contribution in [3.05, 3.63) is 40.6 Å². The van der Waals surface area contributed by atoms with Gasteiger partial charge in [0, 0.05) is 17.0 Å². The van der Waals surface area contributed by atoms with Crippen LogP contribution < -0.4 is 28.7 Å². The second-order valence-corrected chi connectivity index (χ2v) is 9.92. The van der Waals surface area contributed by atoms with E-state index < -0.39 is 0 Å². The van der Waals surface area contributed by atoms with Crippen molar-refractivity contribution in [2.45, 2.75) is 58.5 Å². The van der Waals surface area contributed by atoms with Crippen molar-refractivity contribution in [1.29, 1.82) is 0 Å². The fourth-order valence-corrected chi connectivity index (χ4v) is 5.56. The van der Waals surface area contributed by atoms with Crippen molar-refractivity contribution in [2.75, 3.05) is 18.1 Å². The molecule has 0 amide bonds. The summed E-state index contributed by atoms with van der Waals surface area (Å²) in [5, 5.41) is 17.8. The number of rotatable bonds is 9. The topological polar surface area (TPSA) is 70.9 Å². The fraction of sp³-hybridized carbons (Fsp3) is 0.583. The van der Waals surface area contributed by atoms with E-state index in [1.807, 2.05) is 25.6 Å². The third kappa shape index (κ3) is 7.76. The number of nitrogens with zero attached hydrogens (tertiary/aromatic N) is 1. The van der Waals surface area contributed by atoms with Gasteiger partial charge in [0.25, 0.3) is 0 Å². The average Bonchev–Trinajstić information content (AvgIpc) is 2.75. The molecular weight excluding hydrogens is 441 g/mol. The zero-order chi connectivity index (χ0) is 22.2. The number of benzene rings is 1. The molecule has 1 aromatic carbocycles. The molecule has 1 saturated heterocycles. The van der Waals surface area contributed by atoms with E-state index >= 15 is 0 Å². The van der Waals surface area contributed by atoms with E-state index in [4.69, 9.17) is 21.2 Å². The molecule has 0 bridgehead atoms. The van der Waals surface area contributed by atoms with Gasteiger partial charge in [-0.15, -0.1) is 5.76 Å². The SMILES string of the molecule is CCC/C(=N\OCC(C)Oc1ccc(Cl)cc1)C1=C([O-])CC(C2CCCSC2)CC1=O.[Li+].